The lowest BCUT2D eigenvalue weighted by Gasteiger charge is -2.24. The van der Waals surface area contributed by atoms with Gasteiger partial charge in [-0.2, -0.15) is 28.4 Å². The zero-order valence-electron chi connectivity index (χ0n) is 21.8. The number of ether oxygens (including phenoxy) is 2. The minimum Gasteiger partial charge on any atom is -0.490 e. The van der Waals surface area contributed by atoms with Gasteiger partial charge in [0.1, 0.15) is 52.0 Å². The molecule has 16 heteroatoms. The van der Waals surface area contributed by atoms with Gasteiger partial charge < -0.3 is 25.8 Å². The van der Waals surface area contributed by atoms with Crippen molar-refractivity contribution in [3.8, 4) is 29.0 Å². The quantitative estimate of drug-likeness (QED) is 0.219. The summed E-state index contributed by atoms with van der Waals surface area (Å²) in [6.07, 6.45) is -3.85. The molecule has 0 aliphatic carbocycles. The summed E-state index contributed by atoms with van der Waals surface area (Å²) in [5.41, 5.74) is 8.62. The SMILES string of the molecule is COc1nc2c3c(c(C(F)(F)F)c(-c4ccc(F)c5sc(N)c(C#N)c45)c(F)c3n1)OCCN2Cc1cc(Cl)cnc1N. The number of aromatic nitrogens is 3. The second-order valence-electron chi connectivity index (χ2n) is 9.37. The number of hydrogen-bond donors (Lipinski definition) is 2. The van der Waals surface area contributed by atoms with Gasteiger partial charge >= 0.3 is 12.2 Å². The van der Waals surface area contributed by atoms with E-state index in [4.69, 9.17) is 32.5 Å². The van der Waals surface area contributed by atoms with Crippen molar-refractivity contribution in [2.24, 2.45) is 0 Å². The first kappa shape index (κ1) is 28.4. The highest BCUT2D eigenvalue weighted by molar-refractivity contribution is 7.23. The number of nitrogens with two attached hydrogens (primary N) is 2. The summed E-state index contributed by atoms with van der Waals surface area (Å²) in [7, 11) is 1.21. The van der Waals surface area contributed by atoms with Crippen LogP contribution >= 0.6 is 22.9 Å². The fourth-order valence-corrected chi connectivity index (χ4v) is 6.23. The highest BCUT2D eigenvalue weighted by Gasteiger charge is 2.43. The van der Waals surface area contributed by atoms with Crippen molar-refractivity contribution in [1.82, 2.24) is 15.0 Å². The lowest BCUT2D eigenvalue weighted by atomic mass is 9.91. The molecule has 5 aromatic rings. The number of alkyl halides is 3. The fourth-order valence-electron chi connectivity index (χ4n) is 5.10. The largest absolute Gasteiger partial charge is 0.490 e. The molecule has 3 aromatic heterocycles. The van der Waals surface area contributed by atoms with E-state index in [0.717, 1.165) is 12.1 Å². The van der Waals surface area contributed by atoms with Gasteiger partial charge in [-0.3, -0.25) is 0 Å². The van der Waals surface area contributed by atoms with Gasteiger partial charge in [0.2, 0.25) is 0 Å². The van der Waals surface area contributed by atoms with Crippen LogP contribution in [-0.2, 0) is 12.7 Å². The molecule has 2 aromatic carbocycles. The van der Waals surface area contributed by atoms with Gasteiger partial charge in [-0.25, -0.2) is 13.8 Å². The van der Waals surface area contributed by atoms with Crippen LogP contribution in [0.2, 0.25) is 5.02 Å². The van der Waals surface area contributed by atoms with E-state index in [1.807, 2.05) is 0 Å². The fraction of sp³-hybridized carbons (Fsp3) is 0.185. The number of benzene rings is 2. The number of nitrogen functional groups attached to an aromatic ring is 2. The van der Waals surface area contributed by atoms with E-state index in [1.165, 1.54) is 24.3 Å². The van der Waals surface area contributed by atoms with E-state index >= 15 is 17.6 Å². The molecular weight excluding hydrogens is 617 g/mol. The summed E-state index contributed by atoms with van der Waals surface area (Å²) >= 11 is 6.75. The Morgan fingerprint density at radius 1 is 1.21 bits per heavy atom. The Morgan fingerprint density at radius 2 is 1.98 bits per heavy atom. The van der Waals surface area contributed by atoms with Crippen molar-refractivity contribution in [2.45, 2.75) is 12.7 Å². The molecule has 4 heterocycles. The molecule has 1 aliphatic rings. The first-order chi connectivity index (χ1) is 20.4. The van der Waals surface area contributed by atoms with E-state index in [-0.39, 0.29) is 68.4 Å². The molecule has 4 N–H and O–H groups in total. The number of halogens is 6. The molecule has 0 unspecified atom stereocenters. The van der Waals surface area contributed by atoms with Crippen molar-refractivity contribution in [3.63, 3.8) is 0 Å². The molecule has 0 amide bonds. The van der Waals surface area contributed by atoms with Gasteiger partial charge in [-0.05, 0) is 17.7 Å². The van der Waals surface area contributed by atoms with E-state index < -0.39 is 45.8 Å². The number of fused-ring (bicyclic) bond motifs is 1. The van der Waals surface area contributed by atoms with Crippen molar-refractivity contribution in [2.75, 3.05) is 36.6 Å². The molecule has 43 heavy (non-hydrogen) atoms. The molecule has 1 aliphatic heterocycles. The predicted octanol–water partition coefficient (Wildman–Crippen LogP) is 6.30. The summed E-state index contributed by atoms with van der Waals surface area (Å²) in [5, 5.41) is 9.23. The third kappa shape index (κ3) is 4.54. The van der Waals surface area contributed by atoms with Gasteiger partial charge in [0.15, 0.2) is 5.82 Å². The predicted molar refractivity (Wildman–Crippen MR) is 151 cm³/mol. The number of methoxy groups -OCH3 is 1. The lowest BCUT2D eigenvalue weighted by Crippen LogP contribution is -2.28. The van der Waals surface area contributed by atoms with Crippen LogP contribution in [-0.4, -0.2) is 35.2 Å². The lowest BCUT2D eigenvalue weighted by molar-refractivity contribution is -0.138. The highest BCUT2D eigenvalue weighted by Crippen LogP contribution is 2.53. The molecule has 0 saturated heterocycles. The zero-order chi connectivity index (χ0) is 30.8. The van der Waals surface area contributed by atoms with Gasteiger partial charge in [-0.15, -0.1) is 11.3 Å². The first-order valence-corrected chi connectivity index (χ1v) is 13.5. The normalized spacial score (nSPS) is 13.2. The molecule has 0 radical (unpaired) electrons. The summed E-state index contributed by atoms with van der Waals surface area (Å²) < 4.78 is 87.2. The maximum Gasteiger partial charge on any atom is 0.420 e. The van der Waals surface area contributed by atoms with Gasteiger partial charge in [0.05, 0.1) is 34.3 Å². The smallest absolute Gasteiger partial charge is 0.420 e. The van der Waals surface area contributed by atoms with Crippen LogP contribution in [0.25, 0.3) is 32.1 Å². The van der Waals surface area contributed by atoms with Crippen molar-refractivity contribution >= 4 is 60.6 Å². The molecular formula is C27H17ClF5N7O2S. The Labute approximate surface area is 248 Å². The highest BCUT2D eigenvalue weighted by atomic mass is 35.5. The second-order valence-corrected chi connectivity index (χ2v) is 10.9. The molecule has 0 fully saturated rings. The zero-order valence-corrected chi connectivity index (χ0v) is 23.4. The molecule has 9 nitrogen and oxygen atoms in total. The Bertz CT molecular complexity index is 2010. The Morgan fingerprint density at radius 3 is 2.67 bits per heavy atom. The second kappa shape index (κ2) is 10.2. The number of rotatable bonds is 4. The molecule has 6 rings (SSSR count). The van der Waals surface area contributed by atoms with Crippen LogP contribution in [0.5, 0.6) is 11.8 Å². The van der Waals surface area contributed by atoms with Crippen LogP contribution in [0.1, 0.15) is 16.7 Å². The van der Waals surface area contributed by atoms with Crippen LogP contribution < -0.4 is 25.8 Å². The number of hydrogen-bond acceptors (Lipinski definition) is 10. The molecule has 0 bridgehead atoms. The van der Waals surface area contributed by atoms with Crippen molar-refractivity contribution in [1.29, 1.82) is 5.26 Å². The Balaban J connectivity index is 1.73. The van der Waals surface area contributed by atoms with Crippen molar-refractivity contribution in [3.05, 3.63) is 57.7 Å². The van der Waals surface area contributed by atoms with Crippen LogP contribution in [0.15, 0.2) is 24.4 Å². The summed E-state index contributed by atoms with van der Waals surface area (Å²) in [5.74, 6) is -2.99. The summed E-state index contributed by atoms with van der Waals surface area (Å²) in [4.78, 5) is 13.9. The third-order valence-electron chi connectivity index (χ3n) is 6.90. The van der Waals surface area contributed by atoms with Crippen LogP contribution in [0.4, 0.5) is 38.6 Å². The number of pyridine rings is 1. The first-order valence-electron chi connectivity index (χ1n) is 12.3. The topological polar surface area (TPSA) is 136 Å². The average Bonchev–Trinajstić information content (AvgIpc) is 3.21. The Kier molecular flexibility index (Phi) is 6.78. The van der Waals surface area contributed by atoms with Crippen molar-refractivity contribution < 1.29 is 31.4 Å². The minimum atomic E-state index is -5.19. The van der Waals surface area contributed by atoms with E-state index in [0.29, 0.717) is 16.9 Å². The monoisotopic (exact) mass is 633 g/mol. The molecule has 0 atom stereocenters. The van der Waals surface area contributed by atoms with E-state index in [1.54, 1.807) is 6.07 Å². The van der Waals surface area contributed by atoms with E-state index in [2.05, 4.69) is 15.0 Å². The van der Waals surface area contributed by atoms with E-state index in [9.17, 15) is 9.65 Å². The molecule has 220 valence electrons. The van der Waals surface area contributed by atoms with Crippen LogP contribution in [0.3, 0.4) is 0 Å². The molecule has 0 saturated carbocycles. The van der Waals surface area contributed by atoms with Crippen LogP contribution in [0, 0.1) is 23.0 Å². The number of anilines is 3. The number of nitrogens with zero attached hydrogens (tertiary/aromatic N) is 5. The number of thiophene rings is 1. The maximum atomic E-state index is 16.7. The molecule has 0 spiro atoms. The van der Waals surface area contributed by atoms with Gasteiger partial charge in [0, 0.05) is 29.3 Å². The van der Waals surface area contributed by atoms with Gasteiger partial charge in [-0.1, -0.05) is 17.7 Å². The standard InChI is InChI=1S/C27H17ClF5N7O2S/c1-41-26-38-20-17-21(42-5-4-40(25(17)39-26)9-10-6-11(28)8-37-23(10)35)18(27(31,32)33)16(19(20)30)12-2-3-14(29)22-15(12)13(7-34)24(36)43-22/h2-3,6,8H,4-5,9,36H2,1H3,(H2,35,37). The summed E-state index contributed by atoms with van der Waals surface area (Å²) in [6.45, 7) is -0.325. The maximum absolute atomic E-state index is 16.7. The minimum absolute atomic E-state index is 0.00934. The summed E-state index contributed by atoms with van der Waals surface area (Å²) in [6, 6.07) is 4.84. The number of nitriles is 1. The van der Waals surface area contributed by atoms with Gasteiger partial charge in [0.25, 0.3) is 0 Å². The Hall–Kier alpha value is -4.68. The third-order valence-corrected chi connectivity index (χ3v) is 8.14. The average molecular weight is 634 g/mol.